The van der Waals surface area contributed by atoms with Crippen LogP contribution in [-0.2, 0) is 11.3 Å². The van der Waals surface area contributed by atoms with Gasteiger partial charge in [-0.2, -0.15) is 0 Å². The van der Waals surface area contributed by atoms with Crippen LogP contribution >= 0.6 is 0 Å². The third kappa shape index (κ3) is 3.48. The molecule has 0 aliphatic carbocycles. The lowest BCUT2D eigenvalue weighted by Gasteiger charge is -2.22. The topological polar surface area (TPSA) is 21.3 Å². The van der Waals surface area contributed by atoms with Crippen LogP contribution in [0.15, 0.2) is 18.2 Å². The van der Waals surface area contributed by atoms with Gasteiger partial charge in [0.05, 0.1) is 13.2 Å². The van der Waals surface area contributed by atoms with E-state index in [-0.39, 0.29) is 12.2 Å². The summed E-state index contributed by atoms with van der Waals surface area (Å²) in [6.07, 6.45) is 2.29. The van der Waals surface area contributed by atoms with Crippen LogP contribution in [0.25, 0.3) is 0 Å². The Kier molecular flexibility index (Phi) is 4.45. The molecule has 17 heavy (non-hydrogen) atoms. The summed E-state index contributed by atoms with van der Waals surface area (Å²) < 4.78 is 31.7. The van der Waals surface area contributed by atoms with Gasteiger partial charge in [0.15, 0.2) is 11.6 Å². The van der Waals surface area contributed by atoms with Crippen LogP contribution in [0.1, 0.15) is 18.4 Å². The summed E-state index contributed by atoms with van der Waals surface area (Å²) in [5.74, 6) is -1.12. The molecule has 0 radical (unpaired) electrons. The molecule has 0 aromatic heterocycles. The highest BCUT2D eigenvalue weighted by Gasteiger charge is 2.13. The first-order chi connectivity index (χ1) is 8.27. The van der Waals surface area contributed by atoms with Crippen molar-refractivity contribution in [3.05, 3.63) is 35.4 Å². The molecule has 94 valence electrons. The van der Waals surface area contributed by atoms with Crippen molar-refractivity contribution in [3.8, 4) is 0 Å². The van der Waals surface area contributed by atoms with Crippen LogP contribution in [0.5, 0.6) is 0 Å². The van der Waals surface area contributed by atoms with Crippen molar-refractivity contribution >= 4 is 0 Å². The summed E-state index contributed by atoms with van der Waals surface area (Å²) >= 11 is 0. The van der Waals surface area contributed by atoms with Crippen molar-refractivity contribution in [1.82, 2.24) is 5.32 Å². The summed E-state index contributed by atoms with van der Waals surface area (Å²) in [6, 6.07) is 4.17. The number of piperidine rings is 1. The highest BCUT2D eigenvalue weighted by molar-refractivity contribution is 5.17. The third-order valence-electron chi connectivity index (χ3n) is 3.04. The van der Waals surface area contributed by atoms with Gasteiger partial charge in [-0.15, -0.1) is 0 Å². The quantitative estimate of drug-likeness (QED) is 0.874. The van der Waals surface area contributed by atoms with Crippen molar-refractivity contribution < 1.29 is 13.5 Å². The minimum absolute atomic E-state index is 0.139. The normalized spacial score (nSPS) is 20.5. The van der Waals surface area contributed by atoms with Crippen molar-refractivity contribution in [1.29, 1.82) is 0 Å². The Hall–Kier alpha value is -1.00. The molecular weight excluding hydrogens is 224 g/mol. The van der Waals surface area contributed by atoms with Gasteiger partial charge in [0.25, 0.3) is 0 Å². The Bertz CT molecular complexity index is 364. The van der Waals surface area contributed by atoms with Gasteiger partial charge < -0.3 is 10.1 Å². The predicted octanol–water partition coefficient (Wildman–Crippen LogP) is 2.48. The molecule has 1 aromatic carbocycles. The second-order valence-corrected chi connectivity index (χ2v) is 4.44. The number of ether oxygens (including phenoxy) is 1. The molecule has 1 saturated heterocycles. The summed E-state index contributed by atoms with van der Waals surface area (Å²) in [5.41, 5.74) is 0.286. The summed E-state index contributed by atoms with van der Waals surface area (Å²) in [7, 11) is 0. The summed E-state index contributed by atoms with van der Waals surface area (Å²) in [6.45, 7) is 2.75. The van der Waals surface area contributed by atoms with Crippen LogP contribution < -0.4 is 5.32 Å². The largest absolute Gasteiger partial charge is 0.376 e. The summed E-state index contributed by atoms with van der Waals surface area (Å²) in [5, 5.41) is 3.29. The Morgan fingerprint density at radius 2 is 2.24 bits per heavy atom. The van der Waals surface area contributed by atoms with E-state index in [1.165, 1.54) is 6.07 Å². The molecule has 2 rings (SSSR count). The molecule has 2 nitrogen and oxygen atoms in total. The SMILES string of the molecule is Fc1cccc(COCC2CCCNC2)c1F. The van der Waals surface area contributed by atoms with Crippen molar-refractivity contribution in [2.75, 3.05) is 19.7 Å². The van der Waals surface area contributed by atoms with Gasteiger partial charge in [0.2, 0.25) is 0 Å². The zero-order chi connectivity index (χ0) is 12.1. The maximum absolute atomic E-state index is 13.3. The molecule has 1 N–H and O–H groups in total. The van der Waals surface area contributed by atoms with Gasteiger partial charge in [-0.1, -0.05) is 12.1 Å². The number of nitrogens with one attached hydrogen (secondary N) is 1. The molecule has 1 aliphatic rings. The zero-order valence-corrected chi connectivity index (χ0v) is 9.72. The van der Waals surface area contributed by atoms with E-state index in [0.29, 0.717) is 12.5 Å². The molecule has 0 amide bonds. The fourth-order valence-corrected chi connectivity index (χ4v) is 2.06. The van der Waals surface area contributed by atoms with Gasteiger partial charge in [0.1, 0.15) is 0 Å². The standard InChI is InChI=1S/C13H17F2NO/c14-12-5-1-4-11(13(12)15)9-17-8-10-3-2-6-16-7-10/h1,4-5,10,16H,2-3,6-9H2. The van der Waals surface area contributed by atoms with E-state index in [1.54, 1.807) is 6.07 Å². The van der Waals surface area contributed by atoms with Crippen LogP contribution in [0.2, 0.25) is 0 Å². The van der Waals surface area contributed by atoms with Crippen molar-refractivity contribution in [2.24, 2.45) is 5.92 Å². The lowest BCUT2D eigenvalue weighted by molar-refractivity contribution is 0.0762. The van der Waals surface area contributed by atoms with E-state index < -0.39 is 11.6 Å². The molecule has 0 saturated carbocycles. The first kappa shape index (κ1) is 12.5. The minimum Gasteiger partial charge on any atom is -0.376 e. The smallest absolute Gasteiger partial charge is 0.164 e. The number of halogens is 2. The second-order valence-electron chi connectivity index (χ2n) is 4.44. The van der Waals surface area contributed by atoms with E-state index in [0.717, 1.165) is 32.0 Å². The van der Waals surface area contributed by atoms with E-state index in [4.69, 9.17) is 4.74 Å². The Labute approximate surface area is 100.0 Å². The monoisotopic (exact) mass is 241 g/mol. The molecule has 0 bridgehead atoms. The molecule has 4 heteroatoms. The fourth-order valence-electron chi connectivity index (χ4n) is 2.06. The molecular formula is C13H17F2NO. The highest BCUT2D eigenvalue weighted by Crippen LogP contribution is 2.14. The lowest BCUT2D eigenvalue weighted by atomic mass is 10.0. The molecule has 1 aromatic rings. The summed E-state index contributed by atoms with van der Waals surface area (Å²) in [4.78, 5) is 0. The molecule has 1 fully saturated rings. The van der Waals surface area contributed by atoms with Gasteiger partial charge in [0, 0.05) is 12.1 Å². The predicted molar refractivity (Wildman–Crippen MR) is 61.6 cm³/mol. The highest BCUT2D eigenvalue weighted by atomic mass is 19.2. The van der Waals surface area contributed by atoms with Crippen molar-refractivity contribution in [2.45, 2.75) is 19.4 Å². The van der Waals surface area contributed by atoms with E-state index in [2.05, 4.69) is 5.32 Å². The Balaban J connectivity index is 1.79. The van der Waals surface area contributed by atoms with Gasteiger partial charge in [-0.05, 0) is 31.4 Å². The van der Waals surface area contributed by atoms with Crippen LogP contribution in [-0.4, -0.2) is 19.7 Å². The van der Waals surface area contributed by atoms with Gasteiger partial charge in [-0.25, -0.2) is 8.78 Å². The fraction of sp³-hybridized carbons (Fsp3) is 0.538. The van der Waals surface area contributed by atoms with Gasteiger partial charge >= 0.3 is 0 Å². The average Bonchev–Trinajstić information content (AvgIpc) is 2.36. The molecule has 1 aliphatic heterocycles. The number of benzene rings is 1. The molecule has 0 spiro atoms. The number of rotatable bonds is 4. The van der Waals surface area contributed by atoms with Crippen LogP contribution in [0.4, 0.5) is 8.78 Å². The second kappa shape index (κ2) is 6.07. The Morgan fingerprint density at radius 3 is 3.00 bits per heavy atom. The van der Waals surface area contributed by atoms with Crippen LogP contribution in [0, 0.1) is 17.6 Å². The Morgan fingerprint density at radius 1 is 1.35 bits per heavy atom. The van der Waals surface area contributed by atoms with E-state index in [1.807, 2.05) is 0 Å². The third-order valence-corrected chi connectivity index (χ3v) is 3.04. The van der Waals surface area contributed by atoms with E-state index in [9.17, 15) is 8.78 Å². The maximum Gasteiger partial charge on any atom is 0.164 e. The van der Waals surface area contributed by atoms with E-state index >= 15 is 0 Å². The number of hydrogen-bond acceptors (Lipinski definition) is 2. The van der Waals surface area contributed by atoms with Crippen molar-refractivity contribution in [3.63, 3.8) is 0 Å². The first-order valence-corrected chi connectivity index (χ1v) is 5.98. The lowest BCUT2D eigenvalue weighted by Crippen LogP contribution is -2.32. The van der Waals surface area contributed by atoms with Gasteiger partial charge in [-0.3, -0.25) is 0 Å². The molecule has 1 unspecified atom stereocenters. The minimum atomic E-state index is -0.814. The first-order valence-electron chi connectivity index (χ1n) is 5.98. The molecule has 1 atom stereocenters. The number of hydrogen-bond donors (Lipinski definition) is 1. The maximum atomic E-state index is 13.3. The van der Waals surface area contributed by atoms with Crippen LogP contribution in [0.3, 0.4) is 0 Å². The zero-order valence-electron chi connectivity index (χ0n) is 9.72. The molecule has 1 heterocycles. The average molecular weight is 241 g/mol.